The highest BCUT2D eigenvalue weighted by Gasteiger charge is 2.20. The lowest BCUT2D eigenvalue weighted by Gasteiger charge is -2.24. The van der Waals surface area contributed by atoms with Crippen LogP contribution in [-0.2, 0) is 4.79 Å². The summed E-state index contributed by atoms with van der Waals surface area (Å²) >= 11 is 0. The Morgan fingerprint density at radius 2 is 2.50 bits per heavy atom. The minimum atomic E-state index is 0.0241. The quantitative estimate of drug-likeness (QED) is 0.664. The van der Waals surface area contributed by atoms with E-state index in [4.69, 9.17) is 0 Å². The first-order valence-corrected chi connectivity index (χ1v) is 5.38. The Labute approximate surface area is 86.0 Å². The fourth-order valence-corrected chi connectivity index (χ4v) is 1.73. The maximum Gasteiger partial charge on any atom is 0.237 e. The second-order valence-electron chi connectivity index (χ2n) is 3.94. The number of carbonyl (C=O) groups excluding carboxylic acids is 1. The van der Waals surface area contributed by atoms with Crippen molar-refractivity contribution in [2.75, 3.05) is 6.54 Å². The van der Waals surface area contributed by atoms with Gasteiger partial charge in [0, 0.05) is 6.04 Å². The van der Waals surface area contributed by atoms with Gasteiger partial charge in [-0.05, 0) is 32.7 Å². The van der Waals surface area contributed by atoms with Crippen molar-refractivity contribution >= 4 is 5.91 Å². The molecule has 14 heavy (non-hydrogen) atoms. The summed E-state index contributed by atoms with van der Waals surface area (Å²) in [6.07, 6.45) is 5.97. The van der Waals surface area contributed by atoms with Gasteiger partial charge in [0.05, 0.1) is 6.04 Å². The molecule has 0 aromatic heterocycles. The Balaban J connectivity index is 2.28. The summed E-state index contributed by atoms with van der Waals surface area (Å²) in [7, 11) is 0. The molecule has 1 amide bonds. The average molecular weight is 196 g/mol. The first kappa shape index (κ1) is 11.2. The summed E-state index contributed by atoms with van der Waals surface area (Å²) in [5.74, 6) is 0.138. The molecule has 1 aliphatic rings. The number of amides is 1. The Hall–Kier alpha value is -0.830. The predicted molar refractivity (Wildman–Crippen MR) is 58.1 cm³/mol. The van der Waals surface area contributed by atoms with Gasteiger partial charge in [-0.15, -0.1) is 6.58 Å². The molecule has 3 nitrogen and oxygen atoms in total. The Morgan fingerprint density at radius 3 is 3.07 bits per heavy atom. The standard InChI is InChI=1S/C11H20N2O/c1-3-6-9(2)13-11(14)10-7-4-5-8-12-10/h3,9-10,12H,1,4-8H2,2H3,(H,13,14)/t9?,10-/m1/s1. The molecule has 2 N–H and O–H groups in total. The number of nitrogens with one attached hydrogen (secondary N) is 2. The third kappa shape index (κ3) is 3.50. The van der Waals surface area contributed by atoms with Gasteiger partial charge >= 0.3 is 0 Å². The minimum Gasteiger partial charge on any atom is -0.352 e. The number of rotatable bonds is 4. The zero-order valence-corrected chi connectivity index (χ0v) is 8.88. The predicted octanol–water partition coefficient (Wildman–Crippen LogP) is 1.21. The highest BCUT2D eigenvalue weighted by molar-refractivity contribution is 5.82. The van der Waals surface area contributed by atoms with Crippen LogP contribution in [0.15, 0.2) is 12.7 Å². The van der Waals surface area contributed by atoms with E-state index in [1.807, 2.05) is 13.0 Å². The fourth-order valence-electron chi connectivity index (χ4n) is 1.73. The van der Waals surface area contributed by atoms with Gasteiger partial charge in [0.15, 0.2) is 0 Å². The van der Waals surface area contributed by atoms with Crippen LogP contribution in [0.3, 0.4) is 0 Å². The van der Waals surface area contributed by atoms with Gasteiger partial charge in [-0.3, -0.25) is 4.79 Å². The first-order chi connectivity index (χ1) is 6.74. The van der Waals surface area contributed by atoms with E-state index in [0.29, 0.717) is 0 Å². The topological polar surface area (TPSA) is 41.1 Å². The zero-order valence-electron chi connectivity index (χ0n) is 8.88. The van der Waals surface area contributed by atoms with Crippen LogP contribution < -0.4 is 10.6 Å². The number of hydrogen-bond acceptors (Lipinski definition) is 2. The van der Waals surface area contributed by atoms with Crippen LogP contribution in [0.25, 0.3) is 0 Å². The number of hydrogen-bond donors (Lipinski definition) is 2. The summed E-state index contributed by atoms with van der Waals surface area (Å²) in [5.41, 5.74) is 0. The van der Waals surface area contributed by atoms with Crippen molar-refractivity contribution in [2.45, 2.75) is 44.7 Å². The van der Waals surface area contributed by atoms with E-state index in [1.54, 1.807) is 0 Å². The van der Waals surface area contributed by atoms with Crippen molar-refractivity contribution in [1.82, 2.24) is 10.6 Å². The van der Waals surface area contributed by atoms with E-state index < -0.39 is 0 Å². The largest absolute Gasteiger partial charge is 0.352 e. The highest BCUT2D eigenvalue weighted by atomic mass is 16.2. The summed E-state index contributed by atoms with van der Waals surface area (Å²) in [6, 6.07) is 0.222. The van der Waals surface area contributed by atoms with E-state index in [9.17, 15) is 4.79 Å². The summed E-state index contributed by atoms with van der Waals surface area (Å²) in [5, 5.41) is 6.21. The van der Waals surface area contributed by atoms with E-state index in [0.717, 1.165) is 25.8 Å². The second kappa shape index (κ2) is 5.81. The minimum absolute atomic E-state index is 0.0241. The molecule has 1 rings (SSSR count). The molecule has 0 aliphatic carbocycles. The molecule has 1 saturated heterocycles. The molecule has 0 aromatic rings. The third-order valence-electron chi connectivity index (χ3n) is 2.54. The molecule has 80 valence electrons. The molecule has 0 spiro atoms. The molecule has 1 fully saturated rings. The van der Waals surface area contributed by atoms with Crippen LogP contribution in [0.4, 0.5) is 0 Å². The lowest BCUT2D eigenvalue weighted by molar-refractivity contribution is -0.124. The summed E-state index contributed by atoms with van der Waals surface area (Å²) < 4.78 is 0. The van der Waals surface area contributed by atoms with Gasteiger partial charge < -0.3 is 10.6 Å². The van der Waals surface area contributed by atoms with Crippen LogP contribution in [0.1, 0.15) is 32.6 Å². The van der Waals surface area contributed by atoms with Gasteiger partial charge in [-0.25, -0.2) is 0 Å². The van der Waals surface area contributed by atoms with Crippen LogP contribution >= 0.6 is 0 Å². The molecule has 0 aromatic carbocycles. The van der Waals surface area contributed by atoms with E-state index in [1.165, 1.54) is 6.42 Å². The SMILES string of the molecule is C=CCC(C)NC(=O)[C@H]1CCCCN1. The van der Waals surface area contributed by atoms with Crippen LogP contribution in [-0.4, -0.2) is 24.5 Å². The lowest BCUT2D eigenvalue weighted by atomic mass is 10.0. The van der Waals surface area contributed by atoms with E-state index in [-0.39, 0.29) is 18.0 Å². The Morgan fingerprint density at radius 1 is 1.71 bits per heavy atom. The molecule has 0 saturated carbocycles. The fraction of sp³-hybridized carbons (Fsp3) is 0.727. The molecule has 1 unspecified atom stereocenters. The maximum absolute atomic E-state index is 11.7. The molecule has 0 radical (unpaired) electrons. The Kier molecular flexibility index (Phi) is 4.66. The van der Waals surface area contributed by atoms with Gasteiger partial charge in [0.2, 0.25) is 5.91 Å². The molecule has 2 atom stereocenters. The van der Waals surface area contributed by atoms with Gasteiger partial charge in [0.25, 0.3) is 0 Å². The van der Waals surface area contributed by atoms with E-state index >= 15 is 0 Å². The second-order valence-corrected chi connectivity index (χ2v) is 3.94. The molecular formula is C11H20N2O. The van der Waals surface area contributed by atoms with Crippen molar-refractivity contribution < 1.29 is 4.79 Å². The molecule has 1 aliphatic heterocycles. The molecule has 3 heteroatoms. The number of piperidine rings is 1. The highest BCUT2D eigenvalue weighted by Crippen LogP contribution is 2.07. The van der Waals surface area contributed by atoms with Crippen molar-refractivity contribution in [1.29, 1.82) is 0 Å². The Bertz CT molecular complexity index is 197. The lowest BCUT2D eigenvalue weighted by Crippen LogP contribution is -2.48. The smallest absolute Gasteiger partial charge is 0.237 e. The molecular weight excluding hydrogens is 176 g/mol. The van der Waals surface area contributed by atoms with Crippen molar-refractivity contribution in [3.05, 3.63) is 12.7 Å². The van der Waals surface area contributed by atoms with Crippen molar-refractivity contribution in [3.63, 3.8) is 0 Å². The number of carbonyl (C=O) groups is 1. The summed E-state index contributed by atoms with van der Waals surface area (Å²) in [4.78, 5) is 11.7. The normalized spacial score (nSPS) is 23.9. The summed E-state index contributed by atoms with van der Waals surface area (Å²) in [6.45, 7) is 6.62. The first-order valence-electron chi connectivity index (χ1n) is 5.38. The third-order valence-corrected chi connectivity index (χ3v) is 2.54. The zero-order chi connectivity index (χ0) is 10.4. The monoisotopic (exact) mass is 196 g/mol. The van der Waals surface area contributed by atoms with Gasteiger partial charge in [-0.2, -0.15) is 0 Å². The van der Waals surface area contributed by atoms with Crippen LogP contribution in [0, 0.1) is 0 Å². The maximum atomic E-state index is 11.7. The van der Waals surface area contributed by atoms with Crippen LogP contribution in [0.2, 0.25) is 0 Å². The van der Waals surface area contributed by atoms with Gasteiger partial charge in [0.1, 0.15) is 0 Å². The van der Waals surface area contributed by atoms with Crippen molar-refractivity contribution in [2.24, 2.45) is 0 Å². The average Bonchev–Trinajstić information content (AvgIpc) is 2.19. The van der Waals surface area contributed by atoms with Crippen LogP contribution in [0.5, 0.6) is 0 Å². The molecule has 0 bridgehead atoms. The molecule has 1 heterocycles. The van der Waals surface area contributed by atoms with Crippen molar-refractivity contribution in [3.8, 4) is 0 Å². The van der Waals surface area contributed by atoms with Gasteiger partial charge in [-0.1, -0.05) is 12.5 Å². The van der Waals surface area contributed by atoms with E-state index in [2.05, 4.69) is 17.2 Å².